The molecule has 18 heavy (non-hydrogen) atoms. The molecule has 0 unspecified atom stereocenters. The summed E-state index contributed by atoms with van der Waals surface area (Å²) in [5, 5.41) is 8.52. The van der Waals surface area contributed by atoms with E-state index < -0.39 is 5.60 Å². The average Bonchev–Trinajstić information content (AvgIpc) is 2.27. The lowest BCUT2D eigenvalue weighted by molar-refractivity contribution is -0.838. The van der Waals surface area contributed by atoms with Gasteiger partial charge in [0.25, 0.3) is 0 Å². The van der Waals surface area contributed by atoms with Crippen LogP contribution in [0, 0.1) is 0 Å². The van der Waals surface area contributed by atoms with Crippen LogP contribution in [-0.2, 0) is 9.53 Å². The second-order valence-electron chi connectivity index (χ2n) is 4.98. The molecule has 4 nitrogen and oxygen atoms in total. The quantitative estimate of drug-likeness (QED) is 0.591. The van der Waals surface area contributed by atoms with E-state index in [2.05, 4.69) is 0 Å². The number of carbonyl (C=O) groups excluding carboxylic acids is 1. The van der Waals surface area contributed by atoms with Crippen molar-refractivity contribution >= 4 is 5.97 Å². The van der Waals surface area contributed by atoms with Gasteiger partial charge in [-0.1, -0.05) is 18.2 Å². The van der Waals surface area contributed by atoms with Crippen LogP contribution in [0.2, 0.25) is 0 Å². The van der Waals surface area contributed by atoms with Crippen LogP contribution < -0.4 is 5.48 Å². The van der Waals surface area contributed by atoms with Crippen LogP contribution in [0.5, 0.6) is 0 Å². The lowest BCUT2D eigenvalue weighted by Crippen LogP contribution is -2.73. The van der Waals surface area contributed by atoms with Crippen molar-refractivity contribution in [2.75, 3.05) is 0 Å². The monoisotopic (exact) mass is 250 g/mol. The van der Waals surface area contributed by atoms with Gasteiger partial charge in [0, 0.05) is 0 Å². The van der Waals surface area contributed by atoms with E-state index in [4.69, 9.17) is 9.94 Å². The maximum Gasteiger partial charge on any atom is 0.338 e. The lowest BCUT2D eigenvalue weighted by Gasteiger charge is -2.20. The van der Waals surface area contributed by atoms with Crippen LogP contribution in [0.25, 0.3) is 0 Å². The Labute approximate surface area is 107 Å². The summed E-state index contributed by atoms with van der Waals surface area (Å²) in [5.74, 6) is -0.318. The Morgan fingerprint density at radius 3 is 2.83 bits per heavy atom. The van der Waals surface area contributed by atoms with Crippen molar-refractivity contribution in [1.29, 1.82) is 0 Å². The normalized spacial score (nSPS) is 18.2. The standard InChI is InChI=1S/C14H19NO3/c1-14(2,3)18-13(16)12-8-4-6-11(10-12)7-5-9-15-17/h4-5,7-10,15,17H,6H2,1-3H3/p+1/b9-5-,11-7+. The number of hydrogen-bond donors (Lipinski definition) is 2. The fourth-order valence-corrected chi connectivity index (χ4v) is 1.44. The Morgan fingerprint density at radius 1 is 1.50 bits per heavy atom. The van der Waals surface area contributed by atoms with Gasteiger partial charge in [-0.3, -0.25) is 0 Å². The zero-order valence-corrected chi connectivity index (χ0v) is 11.0. The molecule has 0 atom stereocenters. The van der Waals surface area contributed by atoms with Crippen LogP contribution in [0.3, 0.4) is 0 Å². The number of allylic oxidation sites excluding steroid dienone is 5. The highest BCUT2D eigenvalue weighted by molar-refractivity contribution is 5.92. The van der Waals surface area contributed by atoms with Gasteiger partial charge in [0.15, 0.2) is 0 Å². The zero-order chi connectivity index (χ0) is 13.6. The minimum absolute atomic E-state index is 0.318. The van der Waals surface area contributed by atoms with E-state index in [-0.39, 0.29) is 5.97 Å². The first-order chi connectivity index (χ1) is 8.42. The SMILES string of the molecule is CC(C)(C)OC(=O)C1=C/C(=C/C=C\[NH2+]O)CC=C1. The predicted octanol–water partition coefficient (Wildman–Crippen LogP) is 1.61. The number of quaternary nitrogens is 1. The molecule has 3 N–H and O–H groups in total. The van der Waals surface area contributed by atoms with Crippen LogP contribution in [0.15, 0.2) is 47.7 Å². The Bertz CT molecular complexity index is 423. The Kier molecular flexibility index (Phi) is 5.07. The average molecular weight is 250 g/mol. The van der Waals surface area contributed by atoms with Crippen LogP contribution >= 0.6 is 0 Å². The number of rotatable bonds is 3. The molecule has 0 spiro atoms. The van der Waals surface area contributed by atoms with E-state index in [1.165, 1.54) is 6.20 Å². The van der Waals surface area contributed by atoms with Gasteiger partial charge < -0.3 is 4.74 Å². The Balaban J connectivity index is 2.76. The molecular weight excluding hydrogens is 230 g/mol. The van der Waals surface area contributed by atoms with Gasteiger partial charge >= 0.3 is 5.97 Å². The Morgan fingerprint density at radius 2 is 2.22 bits per heavy atom. The van der Waals surface area contributed by atoms with Gasteiger partial charge in [-0.05, 0) is 44.9 Å². The van der Waals surface area contributed by atoms with E-state index in [1.807, 2.05) is 32.9 Å². The van der Waals surface area contributed by atoms with Crippen molar-refractivity contribution in [3.8, 4) is 0 Å². The summed E-state index contributed by atoms with van der Waals surface area (Å²) < 4.78 is 5.30. The summed E-state index contributed by atoms with van der Waals surface area (Å²) in [6.07, 6.45) is 11.3. The summed E-state index contributed by atoms with van der Waals surface area (Å²) in [7, 11) is 0. The van der Waals surface area contributed by atoms with Crippen LogP contribution in [-0.4, -0.2) is 16.8 Å². The summed E-state index contributed by atoms with van der Waals surface area (Å²) in [6, 6.07) is 0. The molecule has 1 aliphatic carbocycles. The molecule has 0 radical (unpaired) electrons. The third kappa shape index (κ3) is 5.12. The lowest BCUT2D eigenvalue weighted by atomic mass is 10.0. The number of hydroxylamine groups is 1. The number of hydrogen-bond acceptors (Lipinski definition) is 3. The van der Waals surface area contributed by atoms with E-state index in [0.29, 0.717) is 5.57 Å². The minimum atomic E-state index is -0.487. The van der Waals surface area contributed by atoms with Crippen molar-refractivity contribution in [3.05, 3.63) is 47.7 Å². The molecule has 0 aromatic heterocycles. The van der Waals surface area contributed by atoms with Gasteiger partial charge in [-0.15, -0.1) is 0 Å². The highest BCUT2D eigenvalue weighted by Gasteiger charge is 2.19. The topological polar surface area (TPSA) is 63.1 Å². The first-order valence-electron chi connectivity index (χ1n) is 5.87. The van der Waals surface area contributed by atoms with Gasteiger partial charge in [0.1, 0.15) is 11.8 Å². The number of nitrogens with two attached hydrogens (primary N) is 1. The molecule has 0 fully saturated rings. The van der Waals surface area contributed by atoms with E-state index in [1.54, 1.807) is 18.2 Å². The van der Waals surface area contributed by atoms with Gasteiger partial charge in [0.05, 0.1) is 5.57 Å². The maximum atomic E-state index is 11.9. The Hall–Kier alpha value is -1.65. The minimum Gasteiger partial charge on any atom is -0.456 e. The van der Waals surface area contributed by atoms with E-state index >= 15 is 0 Å². The summed E-state index contributed by atoms with van der Waals surface area (Å²) >= 11 is 0. The second kappa shape index (κ2) is 6.33. The zero-order valence-electron chi connectivity index (χ0n) is 11.0. The second-order valence-corrected chi connectivity index (χ2v) is 4.98. The van der Waals surface area contributed by atoms with Crippen molar-refractivity contribution in [2.45, 2.75) is 32.8 Å². The molecule has 1 aliphatic rings. The van der Waals surface area contributed by atoms with Crippen LogP contribution in [0.4, 0.5) is 0 Å². The fraction of sp³-hybridized carbons (Fsp3) is 0.357. The maximum absolute atomic E-state index is 11.9. The number of ether oxygens (including phenoxy) is 1. The number of esters is 1. The molecule has 1 rings (SSSR count). The molecule has 0 amide bonds. The smallest absolute Gasteiger partial charge is 0.338 e. The molecule has 0 heterocycles. The van der Waals surface area contributed by atoms with Crippen molar-refractivity contribution in [3.63, 3.8) is 0 Å². The van der Waals surface area contributed by atoms with Gasteiger partial charge in [0.2, 0.25) is 0 Å². The van der Waals surface area contributed by atoms with Gasteiger partial charge in [-0.2, -0.15) is 5.48 Å². The number of carbonyl (C=O) groups is 1. The molecule has 0 aliphatic heterocycles. The van der Waals surface area contributed by atoms with Crippen LogP contribution in [0.1, 0.15) is 27.2 Å². The molecular formula is C14H20NO3+. The molecule has 0 saturated heterocycles. The largest absolute Gasteiger partial charge is 0.456 e. The molecule has 0 bridgehead atoms. The first-order valence-corrected chi connectivity index (χ1v) is 5.87. The third-order valence-electron chi connectivity index (χ3n) is 2.13. The molecule has 0 aromatic carbocycles. The summed E-state index contributed by atoms with van der Waals surface area (Å²) in [5.41, 5.74) is 2.02. The van der Waals surface area contributed by atoms with Gasteiger partial charge in [-0.25, -0.2) is 10.0 Å². The van der Waals surface area contributed by atoms with E-state index in [0.717, 1.165) is 17.5 Å². The summed E-state index contributed by atoms with van der Waals surface area (Å²) in [6.45, 7) is 5.53. The molecule has 0 saturated carbocycles. The molecule has 98 valence electrons. The fourth-order valence-electron chi connectivity index (χ4n) is 1.44. The van der Waals surface area contributed by atoms with Crippen molar-refractivity contribution in [1.82, 2.24) is 0 Å². The predicted molar refractivity (Wildman–Crippen MR) is 68.6 cm³/mol. The molecule has 4 heteroatoms. The molecule has 0 aromatic rings. The third-order valence-corrected chi connectivity index (χ3v) is 2.13. The van der Waals surface area contributed by atoms with E-state index in [9.17, 15) is 4.79 Å². The first kappa shape index (κ1) is 14.4. The highest BCUT2D eigenvalue weighted by atomic mass is 16.6. The summed E-state index contributed by atoms with van der Waals surface area (Å²) in [4.78, 5) is 11.9. The van der Waals surface area contributed by atoms with Crippen molar-refractivity contribution < 1.29 is 20.2 Å². The highest BCUT2D eigenvalue weighted by Crippen LogP contribution is 2.19. The van der Waals surface area contributed by atoms with Crippen molar-refractivity contribution in [2.24, 2.45) is 0 Å².